The Bertz CT molecular complexity index is 354. The van der Waals surface area contributed by atoms with Crippen molar-refractivity contribution in [1.82, 2.24) is 15.1 Å². The molecule has 1 atom stereocenters. The van der Waals surface area contributed by atoms with Crippen LogP contribution in [0.15, 0.2) is 0 Å². The highest BCUT2D eigenvalue weighted by molar-refractivity contribution is 5.87. The molecule has 0 spiro atoms. The number of rotatable bonds is 3. The molecule has 6 nitrogen and oxygen atoms in total. The Balaban J connectivity index is 1.99. The molecule has 21 heavy (non-hydrogen) atoms. The van der Waals surface area contributed by atoms with Gasteiger partial charge in [-0.2, -0.15) is 0 Å². The van der Waals surface area contributed by atoms with Crippen molar-refractivity contribution in [2.45, 2.75) is 45.1 Å². The van der Waals surface area contributed by atoms with Gasteiger partial charge >= 0.3 is 6.03 Å². The highest BCUT2D eigenvalue weighted by Gasteiger charge is 2.35. The molecule has 6 heteroatoms. The lowest BCUT2D eigenvalue weighted by Crippen LogP contribution is -2.59. The van der Waals surface area contributed by atoms with E-state index in [4.69, 9.17) is 4.74 Å². The molecule has 2 fully saturated rings. The largest absolute Gasteiger partial charge is 0.377 e. The lowest BCUT2D eigenvalue weighted by atomic mass is 10.2. The Morgan fingerprint density at radius 3 is 2.52 bits per heavy atom. The normalized spacial score (nSPS) is 23.6. The van der Waals surface area contributed by atoms with E-state index in [1.54, 1.807) is 4.90 Å². The number of nitrogens with one attached hydrogen (secondary N) is 1. The fourth-order valence-corrected chi connectivity index (χ4v) is 2.86. The number of carbonyl (C=O) groups is 2. The van der Waals surface area contributed by atoms with E-state index >= 15 is 0 Å². The second kappa shape index (κ2) is 8.22. The van der Waals surface area contributed by atoms with Gasteiger partial charge in [-0.15, -0.1) is 0 Å². The van der Waals surface area contributed by atoms with Gasteiger partial charge in [0.15, 0.2) is 0 Å². The number of ether oxygens (including phenoxy) is 1. The molecule has 1 N–H and O–H groups in total. The molecule has 2 saturated heterocycles. The number of amides is 3. The maximum absolute atomic E-state index is 12.7. The fourth-order valence-electron chi connectivity index (χ4n) is 2.86. The van der Waals surface area contributed by atoms with Gasteiger partial charge < -0.3 is 19.9 Å². The van der Waals surface area contributed by atoms with Crippen LogP contribution in [0, 0.1) is 0 Å². The van der Waals surface area contributed by atoms with Crippen LogP contribution in [0.1, 0.15) is 39.0 Å². The summed E-state index contributed by atoms with van der Waals surface area (Å²) >= 11 is 0. The predicted molar refractivity (Wildman–Crippen MR) is 80.1 cm³/mol. The maximum atomic E-state index is 12.7. The summed E-state index contributed by atoms with van der Waals surface area (Å²) in [4.78, 5) is 28.5. The average molecular weight is 297 g/mol. The van der Waals surface area contributed by atoms with Crippen molar-refractivity contribution in [3.8, 4) is 0 Å². The van der Waals surface area contributed by atoms with Gasteiger partial charge in [0.1, 0.15) is 6.04 Å². The highest BCUT2D eigenvalue weighted by Crippen LogP contribution is 2.15. The van der Waals surface area contributed by atoms with Gasteiger partial charge in [-0.05, 0) is 19.3 Å². The number of hydrogen-bond donors (Lipinski definition) is 1. The van der Waals surface area contributed by atoms with Gasteiger partial charge in [-0.1, -0.05) is 19.8 Å². The molecule has 0 aliphatic carbocycles. The number of hydrogen-bond acceptors (Lipinski definition) is 3. The molecule has 2 aliphatic heterocycles. The van der Waals surface area contributed by atoms with E-state index in [0.29, 0.717) is 26.3 Å². The summed E-state index contributed by atoms with van der Waals surface area (Å²) in [5, 5.41) is 2.87. The molecule has 0 bridgehead atoms. The molecule has 1 unspecified atom stereocenters. The third-order valence-corrected chi connectivity index (χ3v) is 4.10. The zero-order valence-electron chi connectivity index (χ0n) is 13.0. The van der Waals surface area contributed by atoms with Crippen LogP contribution in [-0.4, -0.2) is 67.2 Å². The quantitative estimate of drug-likeness (QED) is 0.851. The van der Waals surface area contributed by atoms with E-state index in [1.165, 1.54) is 12.8 Å². The Kier molecular flexibility index (Phi) is 6.29. The molecular formula is C15H27N3O3. The zero-order chi connectivity index (χ0) is 15.1. The summed E-state index contributed by atoms with van der Waals surface area (Å²) in [5.41, 5.74) is 0. The van der Waals surface area contributed by atoms with Crippen LogP contribution in [-0.2, 0) is 9.53 Å². The SMILES string of the molecule is CCCNC(=O)C1COCCN1C(=O)N1CCCCCC1. The molecule has 0 radical (unpaired) electrons. The zero-order valence-corrected chi connectivity index (χ0v) is 13.0. The van der Waals surface area contributed by atoms with Crippen molar-refractivity contribution in [2.24, 2.45) is 0 Å². The van der Waals surface area contributed by atoms with Crippen molar-refractivity contribution < 1.29 is 14.3 Å². The summed E-state index contributed by atoms with van der Waals surface area (Å²) in [6, 6.07) is -0.488. The van der Waals surface area contributed by atoms with Crippen molar-refractivity contribution in [3.05, 3.63) is 0 Å². The van der Waals surface area contributed by atoms with Gasteiger partial charge in [-0.25, -0.2) is 4.79 Å². The number of likely N-dealkylation sites (tertiary alicyclic amines) is 1. The number of carbonyl (C=O) groups excluding carboxylic acids is 2. The molecule has 3 amide bonds. The maximum Gasteiger partial charge on any atom is 0.320 e. The minimum atomic E-state index is -0.485. The van der Waals surface area contributed by atoms with Crippen LogP contribution in [0.2, 0.25) is 0 Å². The Morgan fingerprint density at radius 1 is 1.14 bits per heavy atom. The number of morpholine rings is 1. The molecule has 2 aliphatic rings. The first-order chi connectivity index (χ1) is 10.2. The molecular weight excluding hydrogens is 270 g/mol. The van der Waals surface area contributed by atoms with Crippen molar-refractivity contribution in [1.29, 1.82) is 0 Å². The summed E-state index contributed by atoms with van der Waals surface area (Å²) in [6.07, 6.45) is 5.38. The second-order valence-electron chi connectivity index (χ2n) is 5.76. The van der Waals surface area contributed by atoms with Crippen molar-refractivity contribution in [2.75, 3.05) is 39.4 Å². The lowest BCUT2D eigenvalue weighted by Gasteiger charge is -2.37. The Labute approximate surface area is 126 Å². The fraction of sp³-hybridized carbons (Fsp3) is 0.867. The van der Waals surface area contributed by atoms with Gasteiger partial charge in [-0.3, -0.25) is 4.79 Å². The van der Waals surface area contributed by atoms with E-state index in [2.05, 4.69) is 5.32 Å². The predicted octanol–water partition coefficient (Wildman–Crippen LogP) is 1.21. The second-order valence-corrected chi connectivity index (χ2v) is 5.76. The van der Waals surface area contributed by atoms with Crippen LogP contribution in [0.4, 0.5) is 4.79 Å². The van der Waals surface area contributed by atoms with Crippen LogP contribution >= 0.6 is 0 Å². The van der Waals surface area contributed by atoms with Gasteiger partial charge in [0, 0.05) is 26.2 Å². The summed E-state index contributed by atoms with van der Waals surface area (Å²) < 4.78 is 5.40. The Hall–Kier alpha value is -1.30. The summed E-state index contributed by atoms with van der Waals surface area (Å²) in [6.45, 7) is 5.57. The first kappa shape index (κ1) is 16.1. The monoisotopic (exact) mass is 297 g/mol. The minimum Gasteiger partial charge on any atom is -0.377 e. The standard InChI is InChI=1S/C15H27N3O3/c1-2-7-16-14(19)13-12-21-11-10-18(13)15(20)17-8-5-3-4-6-9-17/h13H,2-12H2,1H3,(H,16,19). The van der Waals surface area contributed by atoms with Crippen LogP contribution in [0.3, 0.4) is 0 Å². The van der Waals surface area contributed by atoms with Gasteiger partial charge in [0.05, 0.1) is 13.2 Å². The third kappa shape index (κ3) is 4.33. The van der Waals surface area contributed by atoms with Crippen molar-refractivity contribution in [3.63, 3.8) is 0 Å². The van der Waals surface area contributed by atoms with Crippen molar-refractivity contribution >= 4 is 11.9 Å². The molecule has 0 saturated carbocycles. The smallest absolute Gasteiger partial charge is 0.320 e. The molecule has 120 valence electrons. The van der Waals surface area contributed by atoms with E-state index in [1.807, 2.05) is 11.8 Å². The topological polar surface area (TPSA) is 61.9 Å². The average Bonchev–Trinajstić information content (AvgIpc) is 2.81. The third-order valence-electron chi connectivity index (χ3n) is 4.10. The molecule has 2 rings (SSSR count). The van der Waals surface area contributed by atoms with E-state index in [0.717, 1.165) is 32.4 Å². The Morgan fingerprint density at radius 2 is 1.86 bits per heavy atom. The molecule has 0 aromatic carbocycles. The molecule has 0 aromatic heterocycles. The minimum absolute atomic E-state index is 0.00292. The number of nitrogens with zero attached hydrogens (tertiary/aromatic N) is 2. The van der Waals surface area contributed by atoms with E-state index in [9.17, 15) is 9.59 Å². The van der Waals surface area contributed by atoms with E-state index in [-0.39, 0.29) is 11.9 Å². The summed E-state index contributed by atoms with van der Waals surface area (Å²) in [7, 11) is 0. The van der Waals surface area contributed by atoms with Gasteiger partial charge in [0.25, 0.3) is 0 Å². The first-order valence-electron chi connectivity index (χ1n) is 8.15. The molecule has 2 heterocycles. The highest BCUT2D eigenvalue weighted by atomic mass is 16.5. The van der Waals surface area contributed by atoms with E-state index < -0.39 is 6.04 Å². The van der Waals surface area contributed by atoms with Crippen LogP contribution in [0.25, 0.3) is 0 Å². The summed E-state index contributed by atoms with van der Waals surface area (Å²) in [5.74, 6) is -0.0975. The van der Waals surface area contributed by atoms with Crippen LogP contribution < -0.4 is 5.32 Å². The van der Waals surface area contributed by atoms with Gasteiger partial charge in [0.2, 0.25) is 5.91 Å². The molecule has 0 aromatic rings. The lowest BCUT2D eigenvalue weighted by molar-refractivity contribution is -0.130. The van der Waals surface area contributed by atoms with Crippen LogP contribution in [0.5, 0.6) is 0 Å². The number of urea groups is 1. The first-order valence-corrected chi connectivity index (χ1v) is 8.15.